The lowest BCUT2D eigenvalue weighted by Gasteiger charge is -2.01. The molecule has 0 saturated carbocycles. The molecule has 5 heteroatoms. The van der Waals surface area contributed by atoms with Gasteiger partial charge in [0.2, 0.25) is 5.78 Å². The van der Waals surface area contributed by atoms with Crippen LogP contribution >= 0.6 is 39.1 Å². The highest BCUT2D eigenvalue weighted by atomic mass is 79.9. The summed E-state index contributed by atoms with van der Waals surface area (Å²) >= 11 is 15.4. The minimum atomic E-state index is -0.269. The fraction of sp³-hybridized carbons (Fsp3) is 0. The van der Waals surface area contributed by atoms with E-state index in [0.29, 0.717) is 21.2 Å². The third-order valence-corrected chi connectivity index (χ3v) is 4.00. The van der Waals surface area contributed by atoms with Crippen LogP contribution in [-0.2, 0) is 0 Å². The second kappa shape index (κ2) is 5.24. The molecule has 2 nitrogen and oxygen atoms in total. The summed E-state index contributed by atoms with van der Waals surface area (Å²) in [6.07, 6.45) is 0. The van der Waals surface area contributed by atoms with Crippen LogP contribution in [0.3, 0.4) is 0 Å². The van der Waals surface area contributed by atoms with E-state index >= 15 is 0 Å². The average Bonchev–Trinajstić information content (AvgIpc) is 2.83. The predicted octanol–water partition coefficient (Wildman–Crippen LogP) is 5.73. The van der Waals surface area contributed by atoms with Crippen LogP contribution in [0.2, 0.25) is 10.0 Å². The maximum Gasteiger partial charge on any atom is 0.229 e. The van der Waals surface area contributed by atoms with Gasteiger partial charge < -0.3 is 4.42 Å². The van der Waals surface area contributed by atoms with Crippen molar-refractivity contribution < 1.29 is 9.21 Å². The van der Waals surface area contributed by atoms with E-state index in [1.165, 1.54) is 0 Å². The molecule has 1 heterocycles. The maximum atomic E-state index is 12.4. The smallest absolute Gasteiger partial charge is 0.229 e. The van der Waals surface area contributed by atoms with Crippen molar-refractivity contribution >= 4 is 55.9 Å². The third-order valence-electron chi connectivity index (χ3n) is 2.90. The van der Waals surface area contributed by atoms with Gasteiger partial charge in [-0.15, -0.1) is 0 Å². The number of carbonyl (C=O) groups excluding carboxylic acids is 1. The van der Waals surface area contributed by atoms with Crippen LogP contribution in [0, 0.1) is 0 Å². The zero-order chi connectivity index (χ0) is 14.3. The Kier molecular flexibility index (Phi) is 3.59. The van der Waals surface area contributed by atoms with E-state index in [1.807, 2.05) is 6.07 Å². The van der Waals surface area contributed by atoms with Gasteiger partial charge in [-0.25, -0.2) is 0 Å². The molecule has 0 unspecified atom stereocenters. The molecule has 0 bridgehead atoms. The molecule has 3 rings (SSSR count). The number of carbonyl (C=O) groups is 1. The highest BCUT2D eigenvalue weighted by Gasteiger charge is 2.18. The van der Waals surface area contributed by atoms with E-state index in [9.17, 15) is 4.79 Å². The minimum absolute atomic E-state index is 0.220. The molecule has 0 saturated heterocycles. The van der Waals surface area contributed by atoms with Crippen molar-refractivity contribution in [2.75, 3.05) is 0 Å². The van der Waals surface area contributed by atoms with E-state index in [1.54, 1.807) is 36.4 Å². The summed E-state index contributed by atoms with van der Waals surface area (Å²) < 4.78 is 6.36. The molecule has 2 aromatic carbocycles. The number of halogens is 3. The number of furan rings is 1. The van der Waals surface area contributed by atoms with Crippen molar-refractivity contribution in [3.8, 4) is 0 Å². The van der Waals surface area contributed by atoms with Gasteiger partial charge >= 0.3 is 0 Å². The molecule has 3 aromatic rings. The fourth-order valence-electron chi connectivity index (χ4n) is 1.95. The number of rotatable bonds is 2. The molecule has 20 heavy (non-hydrogen) atoms. The number of benzene rings is 2. The minimum Gasteiger partial charge on any atom is -0.451 e. The number of hydrogen-bond acceptors (Lipinski definition) is 2. The van der Waals surface area contributed by atoms with Gasteiger partial charge in [0.05, 0.1) is 10.0 Å². The van der Waals surface area contributed by atoms with Gasteiger partial charge in [-0.2, -0.15) is 0 Å². The second-order valence-corrected chi connectivity index (χ2v) is 5.95. The maximum absolute atomic E-state index is 12.4. The van der Waals surface area contributed by atoms with Crippen LogP contribution < -0.4 is 0 Å². The van der Waals surface area contributed by atoms with Gasteiger partial charge in [0, 0.05) is 15.4 Å². The first-order chi connectivity index (χ1) is 9.56. The van der Waals surface area contributed by atoms with E-state index < -0.39 is 0 Å². The molecule has 0 aliphatic rings. The van der Waals surface area contributed by atoms with Crippen molar-refractivity contribution in [2.24, 2.45) is 0 Å². The van der Waals surface area contributed by atoms with Gasteiger partial charge in [0.15, 0.2) is 11.3 Å². The average molecular weight is 370 g/mol. The summed E-state index contributed by atoms with van der Waals surface area (Å²) in [6, 6.07) is 12.1. The van der Waals surface area contributed by atoms with Gasteiger partial charge in [0.1, 0.15) is 0 Å². The van der Waals surface area contributed by atoms with E-state index in [0.717, 1.165) is 9.86 Å². The molecule has 0 spiro atoms. The van der Waals surface area contributed by atoms with Crippen LogP contribution in [-0.4, -0.2) is 5.78 Å². The molecule has 0 amide bonds. The van der Waals surface area contributed by atoms with Crippen molar-refractivity contribution in [2.45, 2.75) is 0 Å². The van der Waals surface area contributed by atoms with Gasteiger partial charge in [-0.3, -0.25) is 4.79 Å². The molecule has 100 valence electrons. The van der Waals surface area contributed by atoms with Gasteiger partial charge in [-0.05, 0) is 30.3 Å². The Morgan fingerprint density at radius 1 is 1.05 bits per heavy atom. The van der Waals surface area contributed by atoms with Crippen molar-refractivity contribution in [3.05, 3.63) is 68.3 Å². The summed E-state index contributed by atoms with van der Waals surface area (Å²) in [6.45, 7) is 0. The Labute approximate surface area is 133 Å². The highest BCUT2D eigenvalue weighted by Crippen LogP contribution is 2.29. The van der Waals surface area contributed by atoms with Crippen molar-refractivity contribution in [3.63, 3.8) is 0 Å². The van der Waals surface area contributed by atoms with Crippen LogP contribution in [0.5, 0.6) is 0 Å². The Bertz CT molecular complexity index is 824. The summed E-state index contributed by atoms with van der Waals surface area (Å²) in [5.74, 6) is -0.0490. The molecule has 0 aliphatic heterocycles. The summed E-state index contributed by atoms with van der Waals surface area (Å²) in [5, 5.41) is 1.63. The standard InChI is InChI=1S/C15H7BrCl2O2/c16-9-4-5-10(12(18)7-9)14(19)13-6-8-2-1-3-11(17)15(8)20-13/h1-7H. The predicted molar refractivity (Wildman–Crippen MR) is 83.8 cm³/mol. The Morgan fingerprint density at radius 3 is 2.55 bits per heavy atom. The lowest BCUT2D eigenvalue weighted by Crippen LogP contribution is -2.00. The van der Waals surface area contributed by atoms with Crippen LogP contribution in [0.15, 0.2) is 51.4 Å². The Balaban J connectivity index is 2.10. The van der Waals surface area contributed by atoms with Crippen LogP contribution in [0.4, 0.5) is 0 Å². The van der Waals surface area contributed by atoms with E-state index in [4.69, 9.17) is 27.6 Å². The summed E-state index contributed by atoms with van der Waals surface area (Å²) in [4.78, 5) is 12.4. The van der Waals surface area contributed by atoms with Crippen LogP contribution in [0.1, 0.15) is 16.1 Å². The number of fused-ring (bicyclic) bond motifs is 1. The molecule has 0 radical (unpaired) electrons. The van der Waals surface area contributed by atoms with E-state index in [2.05, 4.69) is 15.9 Å². The zero-order valence-corrected chi connectivity index (χ0v) is 13.1. The molecule has 1 aromatic heterocycles. The molecule has 0 N–H and O–H groups in total. The molecular formula is C15H7BrCl2O2. The number of ketones is 1. The van der Waals surface area contributed by atoms with Crippen molar-refractivity contribution in [1.29, 1.82) is 0 Å². The second-order valence-electron chi connectivity index (χ2n) is 4.22. The first kappa shape index (κ1) is 13.7. The number of hydrogen-bond donors (Lipinski definition) is 0. The first-order valence-electron chi connectivity index (χ1n) is 5.74. The normalized spacial score (nSPS) is 10.9. The summed E-state index contributed by atoms with van der Waals surface area (Å²) in [7, 11) is 0. The topological polar surface area (TPSA) is 30.2 Å². The van der Waals surface area contributed by atoms with Gasteiger partial charge in [0.25, 0.3) is 0 Å². The monoisotopic (exact) mass is 368 g/mol. The Morgan fingerprint density at radius 2 is 1.85 bits per heavy atom. The number of para-hydroxylation sites is 1. The lowest BCUT2D eigenvalue weighted by atomic mass is 10.1. The van der Waals surface area contributed by atoms with E-state index in [-0.39, 0.29) is 11.5 Å². The quantitative estimate of drug-likeness (QED) is 0.539. The highest BCUT2D eigenvalue weighted by molar-refractivity contribution is 9.10. The van der Waals surface area contributed by atoms with Gasteiger partial charge in [-0.1, -0.05) is 51.3 Å². The first-order valence-corrected chi connectivity index (χ1v) is 7.29. The summed E-state index contributed by atoms with van der Waals surface area (Å²) in [5.41, 5.74) is 0.899. The Hall–Kier alpha value is -1.29. The molecular weight excluding hydrogens is 363 g/mol. The van der Waals surface area contributed by atoms with Crippen molar-refractivity contribution in [1.82, 2.24) is 0 Å². The SMILES string of the molecule is O=C(c1cc2cccc(Cl)c2o1)c1ccc(Br)cc1Cl. The fourth-order valence-corrected chi connectivity index (χ4v) is 2.93. The third kappa shape index (κ3) is 2.37. The zero-order valence-electron chi connectivity index (χ0n) is 9.99. The molecule has 0 aliphatic carbocycles. The lowest BCUT2D eigenvalue weighted by molar-refractivity contribution is 0.101. The van der Waals surface area contributed by atoms with Crippen LogP contribution in [0.25, 0.3) is 11.0 Å². The largest absolute Gasteiger partial charge is 0.451 e. The molecule has 0 fully saturated rings. The molecule has 0 atom stereocenters.